The molecule has 0 bridgehead atoms. The van der Waals surface area contributed by atoms with Gasteiger partial charge in [-0.25, -0.2) is 14.8 Å². The van der Waals surface area contributed by atoms with Gasteiger partial charge in [-0.2, -0.15) is 0 Å². The Kier molecular flexibility index (Phi) is 8.00. The second-order valence-corrected chi connectivity index (χ2v) is 10.3. The molecule has 2 atom stereocenters. The van der Waals surface area contributed by atoms with E-state index < -0.39 is 17.0 Å². The van der Waals surface area contributed by atoms with Crippen molar-refractivity contribution in [3.05, 3.63) is 115 Å². The number of nitro benzene ring substituents is 1. The maximum absolute atomic E-state index is 13.0. The molecule has 0 saturated carbocycles. The quantitative estimate of drug-likeness (QED) is 0.132. The molecule has 204 valence electrons. The summed E-state index contributed by atoms with van der Waals surface area (Å²) in [6.07, 6.45) is 1.22. The molecule has 4 aromatic rings. The van der Waals surface area contributed by atoms with Crippen LogP contribution >= 0.6 is 23.2 Å². The van der Waals surface area contributed by atoms with Crippen molar-refractivity contribution < 1.29 is 14.5 Å². The summed E-state index contributed by atoms with van der Waals surface area (Å²) in [7, 11) is 0. The molecule has 0 fully saturated rings. The summed E-state index contributed by atoms with van der Waals surface area (Å²) in [5.41, 5.74) is 5.22. The van der Waals surface area contributed by atoms with Crippen LogP contribution in [0.2, 0.25) is 10.0 Å². The van der Waals surface area contributed by atoms with Gasteiger partial charge in [0.15, 0.2) is 0 Å². The minimum atomic E-state index is -0.553. The van der Waals surface area contributed by atoms with Crippen LogP contribution in [0.1, 0.15) is 52.8 Å². The number of fused-ring (bicyclic) bond motifs is 1. The van der Waals surface area contributed by atoms with Crippen molar-refractivity contribution in [1.82, 2.24) is 9.97 Å². The van der Waals surface area contributed by atoms with E-state index in [0.717, 1.165) is 28.1 Å². The van der Waals surface area contributed by atoms with Gasteiger partial charge < -0.3 is 10.1 Å². The number of aryl methyl sites for hydroxylation is 2. The average Bonchev–Trinajstić information content (AvgIpc) is 3.29. The molecule has 0 radical (unpaired) electrons. The zero-order valence-electron chi connectivity index (χ0n) is 21.9. The lowest BCUT2D eigenvalue weighted by Gasteiger charge is -2.24. The van der Waals surface area contributed by atoms with Gasteiger partial charge in [-0.05, 0) is 54.3 Å². The fourth-order valence-electron chi connectivity index (χ4n) is 4.92. The van der Waals surface area contributed by atoms with Crippen LogP contribution in [0.15, 0.2) is 66.7 Å². The number of halogens is 2. The highest BCUT2D eigenvalue weighted by Crippen LogP contribution is 2.38. The summed E-state index contributed by atoms with van der Waals surface area (Å²) in [6, 6.07) is 18.3. The summed E-state index contributed by atoms with van der Waals surface area (Å²) in [5.74, 6) is 0.0644. The molecular formula is C30H26Cl2N4O4. The lowest BCUT2D eigenvalue weighted by atomic mass is 10.1. The summed E-state index contributed by atoms with van der Waals surface area (Å²) < 4.78 is 5.97. The third kappa shape index (κ3) is 5.50. The molecule has 0 saturated heterocycles. The fraction of sp³-hybridized carbons (Fsp3) is 0.233. The molecule has 1 aliphatic carbocycles. The van der Waals surface area contributed by atoms with Crippen molar-refractivity contribution in [1.29, 1.82) is 0 Å². The Balaban J connectivity index is 1.47. The van der Waals surface area contributed by atoms with Crippen LogP contribution in [0, 0.1) is 10.1 Å². The second-order valence-electron chi connectivity index (χ2n) is 9.42. The Bertz CT molecular complexity index is 1590. The molecule has 0 spiro atoms. The van der Waals surface area contributed by atoms with E-state index in [1.807, 2.05) is 44.2 Å². The van der Waals surface area contributed by atoms with Crippen LogP contribution in [-0.4, -0.2) is 27.0 Å². The zero-order valence-corrected chi connectivity index (χ0v) is 23.4. The molecule has 0 amide bonds. The number of carbonyl (C=O) groups is 1. The number of anilines is 1. The largest absolute Gasteiger partial charge is 0.456 e. The standard InChI is InChI=1S/C30H26Cl2N4O4/c1-3-24-27(22-14-11-19(31)16-23(22)32)33-25(4-2)29(34-24)35-28-21-8-6-5-7-18(21)15-26(28)40-30(37)17-9-12-20(13-10-17)36(38)39/h5-14,16,26,28H,3-4,15H2,1-2H3,(H,34,35)/t26-,28+/m0/s1. The van der Waals surface area contributed by atoms with Crippen molar-refractivity contribution in [3.63, 3.8) is 0 Å². The highest BCUT2D eigenvalue weighted by atomic mass is 35.5. The molecule has 0 unspecified atom stereocenters. The molecule has 1 N–H and O–H groups in total. The van der Waals surface area contributed by atoms with E-state index in [-0.39, 0.29) is 17.3 Å². The Morgan fingerprint density at radius 2 is 1.75 bits per heavy atom. The molecule has 10 heteroatoms. The normalized spacial score (nSPS) is 15.9. The minimum absolute atomic E-state index is 0.0925. The SMILES string of the molecule is CCc1nc(-c2ccc(Cl)cc2Cl)c(CC)nc1N[C@@H]1c2ccccc2C[C@@H]1OC(=O)c1ccc([N+](=O)[O-])cc1. The van der Waals surface area contributed by atoms with Gasteiger partial charge in [-0.15, -0.1) is 0 Å². The van der Waals surface area contributed by atoms with Crippen molar-refractivity contribution >= 4 is 40.7 Å². The van der Waals surface area contributed by atoms with Gasteiger partial charge >= 0.3 is 5.97 Å². The molecule has 1 aromatic heterocycles. The van der Waals surface area contributed by atoms with Gasteiger partial charge in [-0.3, -0.25) is 10.1 Å². The number of aromatic nitrogens is 2. The number of rotatable bonds is 8. The van der Waals surface area contributed by atoms with Crippen LogP contribution in [0.3, 0.4) is 0 Å². The number of nitrogens with zero attached hydrogens (tertiary/aromatic N) is 3. The van der Waals surface area contributed by atoms with E-state index in [1.165, 1.54) is 24.3 Å². The first-order chi connectivity index (χ1) is 19.3. The van der Waals surface area contributed by atoms with E-state index >= 15 is 0 Å². The number of hydrogen-bond donors (Lipinski definition) is 1. The highest BCUT2D eigenvalue weighted by Gasteiger charge is 2.36. The summed E-state index contributed by atoms with van der Waals surface area (Å²) in [5, 5.41) is 15.6. The monoisotopic (exact) mass is 576 g/mol. The number of benzene rings is 3. The first-order valence-electron chi connectivity index (χ1n) is 12.9. The maximum atomic E-state index is 13.0. The van der Waals surface area contributed by atoms with Gasteiger partial charge in [0, 0.05) is 29.1 Å². The van der Waals surface area contributed by atoms with E-state index in [9.17, 15) is 14.9 Å². The predicted octanol–water partition coefficient (Wildman–Crippen LogP) is 7.42. The first kappa shape index (κ1) is 27.6. The molecule has 8 nitrogen and oxygen atoms in total. The summed E-state index contributed by atoms with van der Waals surface area (Å²) >= 11 is 12.6. The van der Waals surface area contributed by atoms with Crippen LogP contribution in [0.5, 0.6) is 0 Å². The number of nitro groups is 1. The molecule has 5 rings (SSSR count). The Morgan fingerprint density at radius 1 is 1.02 bits per heavy atom. The second kappa shape index (κ2) is 11.6. The highest BCUT2D eigenvalue weighted by molar-refractivity contribution is 6.36. The summed E-state index contributed by atoms with van der Waals surface area (Å²) in [4.78, 5) is 33.5. The van der Waals surface area contributed by atoms with E-state index in [0.29, 0.717) is 40.8 Å². The smallest absolute Gasteiger partial charge is 0.338 e. The van der Waals surface area contributed by atoms with Gasteiger partial charge in [0.25, 0.3) is 5.69 Å². The zero-order chi connectivity index (χ0) is 28.4. The van der Waals surface area contributed by atoms with Crippen LogP contribution in [0.4, 0.5) is 11.5 Å². The number of hydrogen-bond acceptors (Lipinski definition) is 7. The van der Waals surface area contributed by atoms with Crippen molar-refractivity contribution in [2.45, 2.75) is 45.3 Å². The Labute approximate surface area is 241 Å². The molecule has 1 aliphatic rings. The summed E-state index contributed by atoms with van der Waals surface area (Å²) in [6.45, 7) is 4.01. The van der Waals surface area contributed by atoms with E-state index in [4.69, 9.17) is 37.9 Å². The number of ether oxygens (including phenoxy) is 1. The topological polar surface area (TPSA) is 107 Å². The van der Waals surface area contributed by atoms with Crippen LogP contribution in [0.25, 0.3) is 11.3 Å². The third-order valence-corrected chi connectivity index (χ3v) is 7.49. The molecule has 0 aliphatic heterocycles. The number of non-ortho nitro benzene ring substituents is 1. The lowest BCUT2D eigenvalue weighted by Crippen LogP contribution is -2.28. The predicted molar refractivity (Wildman–Crippen MR) is 155 cm³/mol. The Morgan fingerprint density at radius 3 is 2.42 bits per heavy atom. The minimum Gasteiger partial charge on any atom is -0.456 e. The van der Waals surface area contributed by atoms with E-state index in [2.05, 4.69) is 5.32 Å². The third-order valence-electron chi connectivity index (χ3n) is 6.94. The van der Waals surface area contributed by atoms with Gasteiger partial charge in [-0.1, -0.05) is 61.3 Å². The average molecular weight is 577 g/mol. The van der Waals surface area contributed by atoms with Gasteiger partial charge in [0.05, 0.1) is 38.6 Å². The van der Waals surface area contributed by atoms with Crippen LogP contribution < -0.4 is 5.32 Å². The maximum Gasteiger partial charge on any atom is 0.338 e. The number of nitrogens with one attached hydrogen (secondary N) is 1. The number of esters is 1. The first-order valence-corrected chi connectivity index (χ1v) is 13.7. The molecular weight excluding hydrogens is 551 g/mol. The fourth-order valence-corrected chi connectivity index (χ4v) is 5.42. The molecule has 40 heavy (non-hydrogen) atoms. The lowest BCUT2D eigenvalue weighted by molar-refractivity contribution is -0.384. The Hall–Kier alpha value is -4.01. The molecule has 3 aromatic carbocycles. The van der Waals surface area contributed by atoms with Crippen molar-refractivity contribution in [2.24, 2.45) is 0 Å². The van der Waals surface area contributed by atoms with Crippen molar-refractivity contribution in [3.8, 4) is 11.3 Å². The van der Waals surface area contributed by atoms with Gasteiger partial charge in [0.2, 0.25) is 0 Å². The van der Waals surface area contributed by atoms with Crippen molar-refractivity contribution in [2.75, 3.05) is 5.32 Å². The number of carbonyl (C=O) groups excluding carboxylic acids is 1. The molecule has 1 heterocycles. The van der Waals surface area contributed by atoms with E-state index in [1.54, 1.807) is 12.1 Å². The van der Waals surface area contributed by atoms with Gasteiger partial charge in [0.1, 0.15) is 11.9 Å². The van der Waals surface area contributed by atoms with Crippen LogP contribution in [-0.2, 0) is 24.0 Å².